The predicted octanol–water partition coefficient (Wildman–Crippen LogP) is 4.17. The van der Waals surface area contributed by atoms with E-state index in [0.29, 0.717) is 11.4 Å². The van der Waals surface area contributed by atoms with Gasteiger partial charge in [-0.25, -0.2) is 0 Å². The summed E-state index contributed by atoms with van der Waals surface area (Å²) in [5.41, 5.74) is 1.62. The monoisotopic (exact) mass is 265 g/mol. The van der Waals surface area contributed by atoms with Crippen molar-refractivity contribution < 1.29 is 9.53 Å². The molecule has 0 bridgehead atoms. The van der Waals surface area contributed by atoms with Crippen LogP contribution in [0.5, 0.6) is 11.6 Å². The molecule has 3 heteroatoms. The number of ether oxygens (including phenoxy) is 1. The minimum absolute atomic E-state index is 0.00716. The summed E-state index contributed by atoms with van der Waals surface area (Å²) in [7, 11) is 1.91. The topological polar surface area (TPSA) is 31.2 Å². The Hall–Kier alpha value is -2.55. The van der Waals surface area contributed by atoms with E-state index in [1.807, 2.05) is 66.2 Å². The molecule has 0 aliphatic carbocycles. The van der Waals surface area contributed by atoms with Crippen molar-refractivity contribution in [3.63, 3.8) is 0 Å². The fraction of sp³-hybridized carbons (Fsp3) is 0.118. The van der Waals surface area contributed by atoms with Crippen molar-refractivity contribution in [3.8, 4) is 11.6 Å². The Labute approximate surface area is 117 Å². The highest BCUT2D eigenvalue weighted by atomic mass is 16.5. The zero-order chi connectivity index (χ0) is 14.1. The van der Waals surface area contributed by atoms with E-state index < -0.39 is 0 Å². The van der Waals surface area contributed by atoms with Crippen LogP contribution in [0.15, 0.2) is 54.6 Å². The first-order valence-electron chi connectivity index (χ1n) is 6.49. The number of fused-ring (bicyclic) bond motifs is 1. The number of aromatic nitrogens is 1. The second-order valence-electron chi connectivity index (χ2n) is 4.73. The minimum atomic E-state index is 0.00716. The Balaban J connectivity index is 2.21. The van der Waals surface area contributed by atoms with E-state index in [1.54, 1.807) is 6.92 Å². The van der Waals surface area contributed by atoms with E-state index in [9.17, 15) is 4.79 Å². The normalized spacial score (nSPS) is 10.7. The maximum absolute atomic E-state index is 12.0. The van der Waals surface area contributed by atoms with Gasteiger partial charge in [-0.1, -0.05) is 36.4 Å². The highest BCUT2D eigenvalue weighted by molar-refractivity contribution is 6.09. The van der Waals surface area contributed by atoms with Crippen LogP contribution in [0.2, 0.25) is 0 Å². The SMILES string of the molecule is CC(=O)c1c(Oc2ccccc2)n(C)c2ccccc12. The van der Waals surface area contributed by atoms with Gasteiger partial charge in [0.2, 0.25) is 5.88 Å². The third kappa shape index (κ3) is 1.97. The maximum atomic E-state index is 12.0. The molecule has 3 aromatic rings. The van der Waals surface area contributed by atoms with Crippen molar-refractivity contribution in [1.29, 1.82) is 0 Å². The molecular formula is C17H15NO2. The van der Waals surface area contributed by atoms with Gasteiger partial charge in [-0.2, -0.15) is 0 Å². The van der Waals surface area contributed by atoms with Gasteiger partial charge in [0.05, 0.1) is 11.1 Å². The molecule has 0 amide bonds. The van der Waals surface area contributed by atoms with Crippen LogP contribution < -0.4 is 4.74 Å². The number of aryl methyl sites for hydroxylation is 1. The van der Waals surface area contributed by atoms with Gasteiger partial charge in [0, 0.05) is 12.4 Å². The lowest BCUT2D eigenvalue weighted by atomic mass is 10.1. The van der Waals surface area contributed by atoms with Gasteiger partial charge >= 0.3 is 0 Å². The van der Waals surface area contributed by atoms with Crippen LogP contribution in [0.3, 0.4) is 0 Å². The van der Waals surface area contributed by atoms with Gasteiger partial charge in [-0.15, -0.1) is 0 Å². The first-order chi connectivity index (χ1) is 9.68. The molecule has 0 fully saturated rings. The first-order valence-corrected chi connectivity index (χ1v) is 6.49. The molecule has 20 heavy (non-hydrogen) atoms. The smallest absolute Gasteiger partial charge is 0.211 e. The average molecular weight is 265 g/mol. The van der Waals surface area contributed by atoms with Gasteiger partial charge in [-0.3, -0.25) is 4.79 Å². The first kappa shape index (κ1) is 12.5. The maximum Gasteiger partial charge on any atom is 0.211 e. The van der Waals surface area contributed by atoms with E-state index in [1.165, 1.54) is 0 Å². The molecule has 0 spiro atoms. The average Bonchev–Trinajstić information content (AvgIpc) is 2.74. The van der Waals surface area contributed by atoms with Gasteiger partial charge in [0.15, 0.2) is 5.78 Å². The molecule has 0 radical (unpaired) electrons. The number of rotatable bonds is 3. The highest BCUT2D eigenvalue weighted by Gasteiger charge is 2.19. The number of carbonyl (C=O) groups excluding carboxylic acids is 1. The standard InChI is InChI=1S/C17H15NO2/c1-12(19)16-14-10-6-7-11-15(14)18(2)17(16)20-13-8-4-3-5-9-13/h3-11H,1-2H3. The summed E-state index contributed by atoms with van der Waals surface area (Å²) in [5, 5.41) is 0.924. The largest absolute Gasteiger partial charge is 0.440 e. The summed E-state index contributed by atoms with van der Waals surface area (Å²) < 4.78 is 7.84. The summed E-state index contributed by atoms with van der Waals surface area (Å²) >= 11 is 0. The molecule has 100 valence electrons. The van der Waals surface area contributed by atoms with Gasteiger partial charge in [-0.05, 0) is 25.1 Å². The van der Waals surface area contributed by atoms with Gasteiger partial charge in [0.1, 0.15) is 5.75 Å². The fourth-order valence-electron chi connectivity index (χ4n) is 2.43. The van der Waals surface area contributed by atoms with Crippen LogP contribution >= 0.6 is 0 Å². The molecule has 2 aromatic carbocycles. The van der Waals surface area contributed by atoms with E-state index in [0.717, 1.165) is 16.7 Å². The number of ketones is 1. The third-order valence-electron chi connectivity index (χ3n) is 3.36. The lowest BCUT2D eigenvalue weighted by Crippen LogP contribution is -1.98. The molecule has 1 aromatic heterocycles. The number of hydrogen-bond acceptors (Lipinski definition) is 2. The number of para-hydroxylation sites is 2. The molecule has 0 N–H and O–H groups in total. The van der Waals surface area contributed by atoms with Crippen molar-refractivity contribution in [1.82, 2.24) is 4.57 Å². The Morgan fingerprint density at radius 2 is 1.65 bits per heavy atom. The molecule has 0 atom stereocenters. The zero-order valence-corrected chi connectivity index (χ0v) is 11.5. The molecule has 0 saturated carbocycles. The number of carbonyl (C=O) groups is 1. The predicted molar refractivity (Wildman–Crippen MR) is 79.4 cm³/mol. The van der Waals surface area contributed by atoms with Crippen molar-refractivity contribution >= 4 is 16.7 Å². The van der Waals surface area contributed by atoms with Crippen LogP contribution in [-0.4, -0.2) is 10.4 Å². The lowest BCUT2D eigenvalue weighted by molar-refractivity contribution is 0.101. The van der Waals surface area contributed by atoms with E-state index in [4.69, 9.17) is 4.74 Å². The van der Waals surface area contributed by atoms with Crippen LogP contribution in [0.1, 0.15) is 17.3 Å². The second kappa shape index (κ2) is 4.85. The Bertz CT molecular complexity index is 772. The summed E-state index contributed by atoms with van der Waals surface area (Å²) in [5.74, 6) is 1.32. The van der Waals surface area contributed by atoms with Crippen LogP contribution in [0.4, 0.5) is 0 Å². The molecule has 0 unspecified atom stereocenters. The Kier molecular flexibility index (Phi) is 3.03. The fourth-order valence-corrected chi connectivity index (χ4v) is 2.43. The molecule has 3 nitrogen and oxygen atoms in total. The molecule has 0 aliphatic rings. The Morgan fingerprint density at radius 3 is 2.35 bits per heavy atom. The lowest BCUT2D eigenvalue weighted by Gasteiger charge is -2.08. The van der Waals surface area contributed by atoms with Crippen LogP contribution in [0, 0.1) is 0 Å². The number of benzene rings is 2. The molecule has 0 aliphatic heterocycles. The van der Waals surface area contributed by atoms with Crippen molar-refractivity contribution in [2.45, 2.75) is 6.92 Å². The number of hydrogen-bond donors (Lipinski definition) is 0. The van der Waals surface area contributed by atoms with Crippen LogP contribution in [0.25, 0.3) is 10.9 Å². The summed E-state index contributed by atoms with van der Waals surface area (Å²) in [4.78, 5) is 12.0. The number of nitrogens with zero attached hydrogens (tertiary/aromatic N) is 1. The van der Waals surface area contributed by atoms with Gasteiger partial charge in [0.25, 0.3) is 0 Å². The van der Waals surface area contributed by atoms with E-state index in [2.05, 4.69) is 0 Å². The summed E-state index contributed by atoms with van der Waals surface area (Å²) in [6.45, 7) is 1.57. The van der Waals surface area contributed by atoms with Crippen molar-refractivity contribution in [2.75, 3.05) is 0 Å². The summed E-state index contributed by atoms with van der Waals surface area (Å²) in [6.07, 6.45) is 0. The molecule has 1 heterocycles. The second-order valence-corrected chi connectivity index (χ2v) is 4.73. The zero-order valence-electron chi connectivity index (χ0n) is 11.5. The summed E-state index contributed by atoms with van der Waals surface area (Å²) in [6, 6.07) is 17.3. The molecule has 3 rings (SSSR count). The van der Waals surface area contributed by atoms with Crippen LogP contribution in [-0.2, 0) is 7.05 Å². The Morgan fingerprint density at radius 1 is 1.00 bits per heavy atom. The highest BCUT2D eigenvalue weighted by Crippen LogP contribution is 2.34. The minimum Gasteiger partial charge on any atom is -0.440 e. The number of Topliss-reactive ketones (excluding diaryl/α,β-unsaturated/α-hetero) is 1. The van der Waals surface area contributed by atoms with E-state index in [-0.39, 0.29) is 5.78 Å². The molecule has 0 saturated heterocycles. The van der Waals surface area contributed by atoms with E-state index >= 15 is 0 Å². The third-order valence-corrected chi connectivity index (χ3v) is 3.36. The van der Waals surface area contributed by atoms with Crippen molar-refractivity contribution in [3.05, 3.63) is 60.2 Å². The van der Waals surface area contributed by atoms with Gasteiger partial charge < -0.3 is 9.30 Å². The molecular weight excluding hydrogens is 250 g/mol. The quantitative estimate of drug-likeness (QED) is 0.665. The van der Waals surface area contributed by atoms with Crippen molar-refractivity contribution in [2.24, 2.45) is 7.05 Å².